The topological polar surface area (TPSA) is 40.5 Å². The second-order valence-corrected chi connectivity index (χ2v) is 46.8. The van der Waals surface area contributed by atoms with Gasteiger partial charge in [-0.25, -0.2) is 0 Å². The van der Waals surface area contributed by atoms with Gasteiger partial charge in [-0.05, 0) is 255 Å². The lowest BCUT2D eigenvalue weighted by molar-refractivity contribution is 0.0764. The van der Waals surface area contributed by atoms with Crippen molar-refractivity contribution in [2.45, 2.75) is 163 Å². The first-order chi connectivity index (χ1) is 54.9. The van der Waals surface area contributed by atoms with Crippen molar-refractivity contribution in [3.05, 3.63) is 359 Å². The van der Waals surface area contributed by atoms with Gasteiger partial charge in [0.1, 0.15) is 11.2 Å². The van der Waals surface area contributed by atoms with Crippen molar-refractivity contribution in [1.29, 1.82) is 0 Å². The zero-order chi connectivity index (χ0) is 79.6. The monoisotopic (exact) mass is 1530 g/mol. The van der Waals surface area contributed by atoms with Crippen LogP contribution < -0.4 is 10.4 Å². The Bertz CT molecular complexity index is 6640. The number of aliphatic hydroxyl groups is 2. The fraction of sp³-hybridized carbons (Fsp3) is 0.225. The van der Waals surface area contributed by atoms with E-state index in [0.29, 0.717) is 55.5 Å². The number of hydrogen-bond donors (Lipinski definition) is 2. The summed E-state index contributed by atoms with van der Waals surface area (Å²) < 4.78 is 0. The van der Waals surface area contributed by atoms with E-state index in [1.807, 2.05) is 36.4 Å². The Kier molecular flexibility index (Phi) is 20.4. The molecule has 0 spiro atoms. The minimum atomic E-state index is -1.89. The van der Waals surface area contributed by atoms with E-state index >= 15 is 0 Å². The molecule has 115 heavy (non-hydrogen) atoms. The molecular formula is C111H110O2Si2. The summed E-state index contributed by atoms with van der Waals surface area (Å²) in [6, 6.07) is 111. The van der Waals surface area contributed by atoms with Crippen molar-refractivity contribution in [3.8, 4) is 44.5 Å². The molecule has 1 aliphatic rings. The molecule has 2 unspecified atom stereocenters. The van der Waals surface area contributed by atoms with Crippen LogP contribution in [0.4, 0.5) is 0 Å². The van der Waals surface area contributed by atoms with Crippen LogP contribution in [0.5, 0.6) is 0 Å². The molecule has 0 saturated carbocycles. The first-order valence-corrected chi connectivity index (χ1v) is 46.1. The second-order valence-electron chi connectivity index (χ2n) is 35.0. The molecule has 2 N–H and O–H groups in total. The van der Waals surface area contributed by atoms with E-state index < -0.39 is 27.3 Å². The summed E-state index contributed by atoms with van der Waals surface area (Å²) >= 11 is 0. The summed E-state index contributed by atoms with van der Waals surface area (Å²) in [6.45, 7) is 38.1. The molecule has 0 amide bonds. The maximum atomic E-state index is 13.9. The third-order valence-corrected chi connectivity index (χ3v) is 41.6. The van der Waals surface area contributed by atoms with Gasteiger partial charge in [0, 0.05) is 16.7 Å². The van der Waals surface area contributed by atoms with Gasteiger partial charge in [0.2, 0.25) is 0 Å². The van der Waals surface area contributed by atoms with E-state index in [4.69, 9.17) is 0 Å². The zero-order valence-electron chi connectivity index (χ0n) is 69.2. The van der Waals surface area contributed by atoms with Crippen LogP contribution in [-0.2, 0) is 11.2 Å². The molecule has 17 aromatic rings. The van der Waals surface area contributed by atoms with Crippen LogP contribution in [0.1, 0.15) is 146 Å². The van der Waals surface area contributed by atoms with E-state index in [-0.39, 0.29) is 7.43 Å². The highest BCUT2D eigenvalue weighted by molar-refractivity contribution is 6.95. The Morgan fingerprint density at radius 3 is 0.904 bits per heavy atom. The van der Waals surface area contributed by atoms with Gasteiger partial charge >= 0.3 is 0 Å². The van der Waals surface area contributed by atoms with Crippen LogP contribution in [0.2, 0.25) is 33.2 Å². The van der Waals surface area contributed by atoms with E-state index in [1.165, 1.54) is 114 Å². The zero-order valence-corrected chi connectivity index (χ0v) is 71.2. The van der Waals surface area contributed by atoms with E-state index in [2.05, 4.69) is 378 Å². The third-order valence-electron chi connectivity index (χ3n) is 27.5. The van der Waals surface area contributed by atoms with Crippen molar-refractivity contribution >= 4 is 113 Å². The average Bonchev–Trinajstić information content (AvgIpc) is 0.677. The Morgan fingerprint density at radius 1 is 0.217 bits per heavy atom. The van der Waals surface area contributed by atoms with Crippen LogP contribution in [0.3, 0.4) is 0 Å². The Morgan fingerprint density at radius 2 is 0.496 bits per heavy atom. The fourth-order valence-electron chi connectivity index (χ4n) is 22.5. The van der Waals surface area contributed by atoms with Crippen molar-refractivity contribution in [3.63, 3.8) is 0 Å². The number of hydrogen-bond acceptors (Lipinski definition) is 2. The fourth-order valence-corrected chi connectivity index (χ4v) is 36.1. The molecule has 0 aliphatic heterocycles. The molecule has 574 valence electrons. The molecule has 1 aliphatic carbocycles. The van der Waals surface area contributed by atoms with Crippen LogP contribution in [0.15, 0.2) is 303 Å². The lowest BCUT2D eigenvalue weighted by Crippen LogP contribution is -2.55. The molecule has 0 bridgehead atoms. The molecule has 0 saturated heterocycles. The minimum absolute atomic E-state index is 0. The van der Waals surface area contributed by atoms with Gasteiger partial charge < -0.3 is 10.2 Å². The Balaban J connectivity index is 0.000000171. The van der Waals surface area contributed by atoms with Crippen molar-refractivity contribution in [1.82, 2.24) is 0 Å². The van der Waals surface area contributed by atoms with Crippen LogP contribution in [0.25, 0.3) is 131 Å². The molecule has 0 heterocycles. The maximum absolute atomic E-state index is 13.9. The van der Waals surface area contributed by atoms with Crippen LogP contribution in [0, 0.1) is 27.7 Å². The molecule has 0 aromatic heterocycles. The summed E-state index contributed by atoms with van der Waals surface area (Å²) in [5.74, 6) is 0. The Labute approximate surface area is 684 Å². The molecule has 2 atom stereocenters. The van der Waals surface area contributed by atoms with Gasteiger partial charge in [-0.3, -0.25) is 0 Å². The van der Waals surface area contributed by atoms with Crippen LogP contribution in [-0.4, -0.2) is 26.4 Å². The van der Waals surface area contributed by atoms with Gasteiger partial charge in [0.05, 0.1) is 16.1 Å². The van der Waals surface area contributed by atoms with Gasteiger partial charge in [0.15, 0.2) is 0 Å². The lowest BCUT2D eigenvalue weighted by Gasteiger charge is -2.46. The minimum Gasteiger partial charge on any atom is -0.376 e. The van der Waals surface area contributed by atoms with Gasteiger partial charge in [-0.2, -0.15) is 0 Å². The summed E-state index contributed by atoms with van der Waals surface area (Å²) in [7, 11) is -3.70. The highest BCUT2D eigenvalue weighted by atomic mass is 28.3. The van der Waals surface area contributed by atoms with E-state index in [1.54, 1.807) is 5.19 Å². The van der Waals surface area contributed by atoms with Gasteiger partial charge in [-0.15, -0.1) is 0 Å². The summed E-state index contributed by atoms with van der Waals surface area (Å²) in [6.07, 6.45) is 0. The molecular weight excluding hydrogens is 1420 g/mol. The highest BCUT2D eigenvalue weighted by Gasteiger charge is 2.53. The smallest absolute Gasteiger partial charge is 0.141 e. The lowest BCUT2D eigenvalue weighted by atomic mass is 9.62. The molecule has 18 rings (SSSR count). The van der Waals surface area contributed by atoms with Gasteiger partial charge in [0.25, 0.3) is 0 Å². The molecule has 0 fully saturated rings. The van der Waals surface area contributed by atoms with Crippen molar-refractivity contribution < 1.29 is 10.2 Å². The predicted octanol–water partition coefficient (Wildman–Crippen LogP) is 29.8. The first kappa shape index (κ1) is 78.1. The highest BCUT2D eigenvalue weighted by Crippen LogP contribution is 2.57. The Hall–Kier alpha value is -10.8. The molecule has 2 nitrogen and oxygen atoms in total. The predicted molar refractivity (Wildman–Crippen MR) is 505 cm³/mol. The second kappa shape index (κ2) is 30.1. The SMILES string of the molecule is C.Cc1ccc(-c2c3ccccc3c(-c3ccc(C)c4ccccc34)c3cc(-c4ccc5ccc([Si](C(C)C)(C(C)C)C(C)C)cc5c4)ccc23)c2ccccc12.Cc1ccc(C2(O)c3ccccc3C(O)(c3ccc(C)c4ccccc34)c3cc(-c4ccc5ccc([Si](C(C)C)(C(C)C)C(C)C)cc5c4)ccc32)c2ccccc12. The summed E-state index contributed by atoms with van der Waals surface area (Å²) in [4.78, 5) is 0. The number of aryl methyl sites for hydroxylation is 4. The molecule has 0 radical (unpaired) electrons. The van der Waals surface area contributed by atoms with Crippen molar-refractivity contribution in [2.75, 3.05) is 0 Å². The number of benzene rings is 17. The van der Waals surface area contributed by atoms with Gasteiger partial charge in [-0.1, -0.05) is 380 Å². The average molecular weight is 1530 g/mol. The third kappa shape index (κ3) is 12.3. The summed E-state index contributed by atoms with van der Waals surface area (Å²) in [5, 5.41) is 50.4. The number of rotatable bonds is 14. The van der Waals surface area contributed by atoms with Crippen molar-refractivity contribution in [2.24, 2.45) is 0 Å². The molecule has 17 aromatic carbocycles. The number of fused-ring (bicyclic) bond motifs is 10. The quantitative estimate of drug-likeness (QED) is 0.0841. The maximum Gasteiger partial charge on any atom is 0.141 e. The molecule has 4 heteroatoms. The first-order valence-electron chi connectivity index (χ1n) is 41.6. The van der Waals surface area contributed by atoms with E-state index in [9.17, 15) is 10.2 Å². The normalized spacial score (nSPS) is 15.2. The van der Waals surface area contributed by atoms with Crippen LogP contribution >= 0.6 is 0 Å². The summed E-state index contributed by atoms with van der Waals surface area (Å²) in [5.41, 5.74) is 19.7. The standard InChI is InChI=1S/C55H54O2Si.C55H52Si.CH4/c1-34(2)58(35(3)4,36(5)6)43-27-25-39-23-24-40(31-42(39)32-43)41-26-30-52-53(33-41)55(57,49-29-22-38(8)45-16-10-12-18-47(45)49)51-20-14-13-19-50(51)54(52,56)48-28-21-37(7)44-15-9-11-17-46(44)48;1-34(2)56(35(3)4,36(5)6)43-27-25-39-23-24-40(31-42(39)32-43)41-26-30-52-53(33-41)55(51-29-22-38(8)45-16-10-12-18-47(45)51)49-20-14-13-19-48(49)54(52)50-28-21-37(7)44-15-9-11-17-46(44)50;/h9-36,56-57H,1-8H3;9-36H,1-8H3;1H4. The van der Waals surface area contributed by atoms with E-state index in [0.717, 1.165) is 54.9 Å². The largest absolute Gasteiger partial charge is 0.376 e.